The summed E-state index contributed by atoms with van der Waals surface area (Å²) >= 11 is 6.36. The molecule has 0 saturated heterocycles. The first kappa shape index (κ1) is 22.5. The summed E-state index contributed by atoms with van der Waals surface area (Å²) in [5.74, 6) is -0.0860. The van der Waals surface area contributed by atoms with E-state index in [4.69, 9.17) is 21.4 Å². The molecule has 3 rings (SSSR count). The first-order chi connectivity index (χ1) is 14.0. The Morgan fingerprint density at radius 2 is 1.90 bits per heavy atom. The molecule has 2 aromatic carbocycles. The van der Waals surface area contributed by atoms with E-state index in [9.17, 15) is 18.0 Å². The van der Waals surface area contributed by atoms with Gasteiger partial charge in [0.2, 0.25) is 0 Å². The first-order valence-corrected chi connectivity index (χ1v) is 10.3. The highest BCUT2D eigenvalue weighted by molar-refractivity contribution is 6.32. The van der Waals surface area contributed by atoms with E-state index in [0.29, 0.717) is 17.9 Å². The van der Waals surface area contributed by atoms with Crippen LogP contribution >= 0.6 is 11.6 Å². The number of benzene rings is 2. The van der Waals surface area contributed by atoms with Gasteiger partial charge in [0.05, 0.1) is 5.02 Å². The SMILES string of the molecule is CC(C)c1ccc(-c2cc(C3CC3CCC(=O)O)cc(Cl)c2OCC(F)(F)F)cc1. The van der Waals surface area contributed by atoms with Gasteiger partial charge in [0.15, 0.2) is 6.61 Å². The van der Waals surface area contributed by atoms with Gasteiger partial charge in [-0.3, -0.25) is 4.79 Å². The van der Waals surface area contributed by atoms with Crippen LogP contribution in [0.3, 0.4) is 0 Å². The standard InChI is InChI=1S/C23H24ClF3O3/c1-13(2)14-3-5-15(6-4-14)19-10-17(18-9-16(18)7-8-21(28)29)11-20(24)22(19)30-12-23(25,26)27/h3-6,10-11,13,16,18H,7-9,12H2,1-2H3,(H,28,29). The summed E-state index contributed by atoms with van der Waals surface area (Å²) in [6.07, 6.45) is -2.95. The van der Waals surface area contributed by atoms with E-state index in [1.54, 1.807) is 6.07 Å². The minimum absolute atomic E-state index is 0.0118. The molecule has 7 heteroatoms. The van der Waals surface area contributed by atoms with E-state index in [0.717, 1.165) is 23.1 Å². The fraction of sp³-hybridized carbons (Fsp3) is 0.435. The maximum atomic E-state index is 12.8. The van der Waals surface area contributed by atoms with Gasteiger partial charge in [-0.25, -0.2) is 0 Å². The number of halogens is 4. The van der Waals surface area contributed by atoms with Gasteiger partial charge in [0.1, 0.15) is 5.75 Å². The highest BCUT2D eigenvalue weighted by atomic mass is 35.5. The molecule has 1 fully saturated rings. The Labute approximate surface area is 178 Å². The van der Waals surface area contributed by atoms with Crippen LogP contribution in [0.15, 0.2) is 36.4 Å². The highest BCUT2D eigenvalue weighted by Crippen LogP contribution is 2.52. The molecule has 0 aliphatic heterocycles. The Morgan fingerprint density at radius 1 is 1.23 bits per heavy atom. The fourth-order valence-electron chi connectivity index (χ4n) is 3.67. The molecule has 1 aliphatic carbocycles. The molecule has 30 heavy (non-hydrogen) atoms. The van der Waals surface area contributed by atoms with Gasteiger partial charge in [-0.2, -0.15) is 13.2 Å². The van der Waals surface area contributed by atoms with Crippen molar-refractivity contribution >= 4 is 17.6 Å². The maximum Gasteiger partial charge on any atom is 0.422 e. The summed E-state index contributed by atoms with van der Waals surface area (Å²) in [7, 11) is 0. The first-order valence-electron chi connectivity index (χ1n) is 9.90. The number of ether oxygens (including phenoxy) is 1. The van der Waals surface area contributed by atoms with Crippen molar-refractivity contribution < 1.29 is 27.8 Å². The third-order valence-corrected chi connectivity index (χ3v) is 5.69. The molecule has 3 nitrogen and oxygen atoms in total. The maximum absolute atomic E-state index is 12.8. The van der Waals surface area contributed by atoms with Crippen molar-refractivity contribution in [1.29, 1.82) is 0 Å². The van der Waals surface area contributed by atoms with Crippen LogP contribution in [0.5, 0.6) is 5.75 Å². The van der Waals surface area contributed by atoms with Crippen molar-refractivity contribution in [2.75, 3.05) is 6.61 Å². The molecule has 0 spiro atoms. The van der Waals surface area contributed by atoms with E-state index in [1.807, 2.05) is 30.3 Å². The van der Waals surface area contributed by atoms with Crippen molar-refractivity contribution in [2.24, 2.45) is 5.92 Å². The fourth-order valence-corrected chi connectivity index (χ4v) is 3.96. The predicted octanol–water partition coefficient (Wildman–Crippen LogP) is 7.04. The number of hydrogen-bond acceptors (Lipinski definition) is 2. The Balaban J connectivity index is 1.93. The summed E-state index contributed by atoms with van der Waals surface area (Å²) in [4.78, 5) is 10.8. The highest BCUT2D eigenvalue weighted by Gasteiger charge is 2.39. The van der Waals surface area contributed by atoms with Crippen molar-refractivity contribution in [2.45, 2.75) is 51.1 Å². The van der Waals surface area contributed by atoms with Crippen LogP contribution in [0, 0.1) is 5.92 Å². The second kappa shape index (κ2) is 8.88. The number of carboxylic acids is 1. The van der Waals surface area contributed by atoms with E-state index in [1.165, 1.54) is 0 Å². The molecule has 1 aliphatic rings. The Bertz CT molecular complexity index is 907. The second-order valence-corrected chi connectivity index (χ2v) is 8.50. The van der Waals surface area contributed by atoms with Crippen molar-refractivity contribution in [1.82, 2.24) is 0 Å². The zero-order valence-corrected chi connectivity index (χ0v) is 17.6. The van der Waals surface area contributed by atoms with Gasteiger partial charge >= 0.3 is 12.1 Å². The Morgan fingerprint density at radius 3 is 2.47 bits per heavy atom. The molecule has 0 radical (unpaired) electrons. The molecular weight excluding hydrogens is 417 g/mol. The molecule has 0 amide bonds. The molecule has 1 N–H and O–H groups in total. The number of alkyl halides is 3. The average Bonchev–Trinajstić information content (AvgIpc) is 3.44. The summed E-state index contributed by atoms with van der Waals surface area (Å²) in [5, 5.41) is 9.01. The van der Waals surface area contributed by atoms with E-state index >= 15 is 0 Å². The number of rotatable bonds is 8. The van der Waals surface area contributed by atoms with Crippen LogP contribution in [0.1, 0.15) is 56.1 Å². The summed E-state index contributed by atoms with van der Waals surface area (Å²) in [5.41, 5.74) is 3.26. The predicted molar refractivity (Wildman–Crippen MR) is 110 cm³/mol. The third kappa shape index (κ3) is 5.69. The van der Waals surface area contributed by atoms with Crippen LogP contribution in [0.2, 0.25) is 5.02 Å². The van der Waals surface area contributed by atoms with Crippen LogP contribution in [0.25, 0.3) is 11.1 Å². The quantitative estimate of drug-likeness (QED) is 0.478. The molecule has 2 unspecified atom stereocenters. The van der Waals surface area contributed by atoms with Crippen molar-refractivity contribution in [3.8, 4) is 16.9 Å². The lowest BCUT2D eigenvalue weighted by Gasteiger charge is -2.17. The number of aliphatic carboxylic acids is 1. The van der Waals surface area contributed by atoms with Gasteiger partial charge in [0, 0.05) is 12.0 Å². The lowest BCUT2D eigenvalue weighted by Crippen LogP contribution is -2.19. The minimum atomic E-state index is -4.47. The molecule has 0 heterocycles. The summed E-state index contributed by atoms with van der Waals surface area (Å²) in [6.45, 7) is 2.71. The lowest BCUT2D eigenvalue weighted by atomic mass is 9.96. The Kier molecular flexibility index (Phi) is 6.65. The molecule has 1 saturated carbocycles. The van der Waals surface area contributed by atoms with Crippen LogP contribution in [-0.4, -0.2) is 23.9 Å². The van der Waals surface area contributed by atoms with Crippen LogP contribution in [-0.2, 0) is 4.79 Å². The zero-order valence-electron chi connectivity index (χ0n) is 16.8. The van der Waals surface area contributed by atoms with E-state index in [2.05, 4.69) is 13.8 Å². The number of carbonyl (C=O) groups is 1. The smallest absolute Gasteiger partial charge is 0.422 e. The monoisotopic (exact) mass is 440 g/mol. The van der Waals surface area contributed by atoms with Gasteiger partial charge in [-0.1, -0.05) is 49.7 Å². The minimum Gasteiger partial charge on any atom is -0.482 e. The molecule has 162 valence electrons. The van der Waals surface area contributed by atoms with Crippen molar-refractivity contribution in [3.05, 3.63) is 52.5 Å². The van der Waals surface area contributed by atoms with Crippen LogP contribution < -0.4 is 4.74 Å². The number of carboxylic acid groups (broad SMARTS) is 1. The largest absolute Gasteiger partial charge is 0.482 e. The van der Waals surface area contributed by atoms with E-state index < -0.39 is 18.8 Å². The molecule has 2 atom stereocenters. The average molecular weight is 441 g/mol. The van der Waals surface area contributed by atoms with Gasteiger partial charge in [-0.05, 0) is 59.4 Å². The Hall–Kier alpha value is -2.21. The van der Waals surface area contributed by atoms with E-state index in [-0.39, 0.29) is 29.0 Å². The normalized spacial score (nSPS) is 18.5. The van der Waals surface area contributed by atoms with Gasteiger partial charge in [0.25, 0.3) is 0 Å². The van der Waals surface area contributed by atoms with Crippen molar-refractivity contribution in [3.63, 3.8) is 0 Å². The molecular formula is C23H24ClF3O3. The second-order valence-electron chi connectivity index (χ2n) is 8.09. The summed E-state index contributed by atoms with van der Waals surface area (Å²) < 4.78 is 43.3. The lowest BCUT2D eigenvalue weighted by molar-refractivity contribution is -0.153. The molecule has 0 aromatic heterocycles. The topological polar surface area (TPSA) is 46.5 Å². The third-order valence-electron chi connectivity index (χ3n) is 5.41. The molecule has 2 aromatic rings. The summed E-state index contributed by atoms with van der Waals surface area (Å²) in [6, 6.07) is 11.1. The number of hydrogen-bond donors (Lipinski definition) is 1. The van der Waals surface area contributed by atoms with Gasteiger partial charge in [-0.15, -0.1) is 0 Å². The van der Waals surface area contributed by atoms with Crippen LogP contribution in [0.4, 0.5) is 13.2 Å². The zero-order chi connectivity index (χ0) is 22.1. The molecule has 0 bridgehead atoms. The van der Waals surface area contributed by atoms with Gasteiger partial charge < -0.3 is 9.84 Å².